The first-order valence-corrected chi connectivity index (χ1v) is 11.0. The predicted octanol–water partition coefficient (Wildman–Crippen LogP) is 4.45. The molecule has 5 rings (SSSR count). The molecule has 1 fully saturated rings. The van der Waals surface area contributed by atoms with Gasteiger partial charge in [0.25, 0.3) is 11.5 Å². The molecule has 158 valence electrons. The van der Waals surface area contributed by atoms with Gasteiger partial charge < -0.3 is 14.6 Å². The standard InChI is InChI=1S/C24H20Cl2N2O3/c25-16-6-1-4-14(10-16)18-11-19(24(31)27-9-3-7-17(27)13-29)22-21-15(5-2-8-20(21)26)12-28(22)23(18)30/h1-2,4-6,8,10-11,17,29H,3,7,9,12-13H2/t17-/m1/s1. The summed E-state index contributed by atoms with van der Waals surface area (Å²) < 4.78 is 1.63. The summed E-state index contributed by atoms with van der Waals surface area (Å²) in [5, 5.41) is 10.8. The maximum absolute atomic E-state index is 13.7. The molecule has 1 atom stereocenters. The first-order valence-electron chi connectivity index (χ1n) is 10.2. The molecule has 0 unspecified atom stereocenters. The van der Waals surface area contributed by atoms with Crippen LogP contribution in [-0.4, -0.2) is 39.7 Å². The van der Waals surface area contributed by atoms with Gasteiger partial charge in [-0.2, -0.15) is 0 Å². The lowest BCUT2D eigenvalue weighted by Gasteiger charge is -2.25. The van der Waals surface area contributed by atoms with Crippen molar-refractivity contribution in [3.63, 3.8) is 0 Å². The Bertz CT molecular complexity index is 1270. The lowest BCUT2D eigenvalue weighted by atomic mass is 9.99. The summed E-state index contributed by atoms with van der Waals surface area (Å²) in [5.74, 6) is -0.198. The zero-order chi connectivity index (χ0) is 21.7. The van der Waals surface area contributed by atoms with Crippen LogP contribution in [0.25, 0.3) is 22.4 Å². The zero-order valence-corrected chi connectivity index (χ0v) is 18.2. The minimum absolute atomic E-state index is 0.0841. The average Bonchev–Trinajstić information content (AvgIpc) is 3.39. The number of hydrogen-bond acceptors (Lipinski definition) is 3. The number of fused-ring (bicyclic) bond motifs is 3. The van der Waals surface area contributed by atoms with Crippen LogP contribution in [0.2, 0.25) is 10.0 Å². The van der Waals surface area contributed by atoms with Crippen LogP contribution in [-0.2, 0) is 6.54 Å². The summed E-state index contributed by atoms with van der Waals surface area (Å²) in [6.45, 7) is 0.839. The number of pyridine rings is 1. The molecule has 2 aliphatic heterocycles. The minimum Gasteiger partial charge on any atom is -0.394 e. The highest BCUT2D eigenvalue weighted by molar-refractivity contribution is 6.34. The maximum atomic E-state index is 13.7. The Hall–Kier alpha value is -2.60. The molecule has 0 aliphatic carbocycles. The fraction of sp³-hybridized carbons (Fsp3) is 0.250. The highest BCUT2D eigenvalue weighted by Gasteiger charge is 2.34. The maximum Gasteiger partial charge on any atom is 0.259 e. The van der Waals surface area contributed by atoms with Crippen molar-refractivity contribution in [1.29, 1.82) is 0 Å². The van der Waals surface area contributed by atoms with Gasteiger partial charge in [0.05, 0.1) is 35.5 Å². The number of nitrogens with zero attached hydrogens (tertiary/aromatic N) is 2. The fourth-order valence-corrected chi connectivity index (χ4v) is 5.17. The average molecular weight is 455 g/mol. The number of halogens is 2. The Morgan fingerprint density at radius 1 is 1.13 bits per heavy atom. The number of benzene rings is 2. The SMILES string of the molecule is O=C(c1cc(-c2cccc(Cl)c2)c(=O)n2c1-c1c(Cl)cccc1C2)N1CCC[C@@H]1CO. The Balaban J connectivity index is 1.77. The normalized spacial score (nSPS) is 17.0. The highest BCUT2D eigenvalue weighted by Crippen LogP contribution is 2.40. The van der Waals surface area contributed by atoms with E-state index in [9.17, 15) is 14.7 Å². The molecule has 1 N–H and O–H groups in total. The number of carbonyl (C=O) groups is 1. The molecule has 3 aromatic rings. The minimum atomic E-state index is -0.221. The number of aliphatic hydroxyl groups is 1. The van der Waals surface area contributed by atoms with E-state index in [1.165, 1.54) is 0 Å². The number of aromatic nitrogens is 1. The molecule has 2 aliphatic rings. The van der Waals surface area contributed by atoms with Gasteiger partial charge in [0, 0.05) is 22.7 Å². The molecule has 0 radical (unpaired) electrons. The van der Waals surface area contributed by atoms with Gasteiger partial charge in [-0.15, -0.1) is 0 Å². The molecule has 5 nitrogen and oxygen atoms in total. The van der Waals surface area contributed by atoms with E-state index in [0.29, 0.717) is 45.5 Å². The second-order valence-corrected chi connectivity index (χ2v) is 8.82. The molecule has 0 saturated carbocycles. The largest absolute Gasteiger partial charge is 0.394 e. The number of amides is 1. The molecule has 2 aromatic carbocycles. The first kappa shape index (κ1) is 20.3. The van der Waals surface area contributed by atoms with Crippen LogP contribution in [0.15, 0.2) is 53.3 Å². The van der Waals surface area contributed by atoms with Crippen molar-refractivity contribution in [2.24, 2.45) is 0 Å². The fourth-order valence-electron chi connectivity index (χ4n) is 4.70. The van der Waals surface area contributed by atoms with E-state index in [4.69, 9.17) is 23.2 Å². The van der Waals surface area contributed by atoms with Crippen molar-refractivity contribution in [3.8, 4) is 22.4 Å². The van der Waals surface area contributed by atoms with Gasteiger partial charge in [-0.25, -0.2) is 0 Å². The second kappa shape index (κ2) is 7.83. The third kappa shape index (κ3) is 3.28. The van der Waals surface area contributed by atoms with Gasteiger partial charge in [-0.05, 0) is 48.2 Å². The van der Waals surface area contributed by atoms with Crippen molar-refractivity contribution in [3.05, 3.63) is 80.1 Å². The van der Waals surface area contributed by atoms with Gasteiger partial charge in [0.15, 0.2) is 0 Å². The number of hydrogen-bond donors (Lipinski definition) is 1. The van der Waals surface area contributed by atoms with Gasteiger partial charge in [-0.1, -0.05) is 47.5 Å². The van der Waals surface area contributed by atoms with E-state index >= 15 is 0 Å². The predicted molar refractivity (Wildman–Crippen MR) is 122 cm³/mol. The van der Waals surface area contributed by atoms with Gasteiger partial charge in [0.2, 0.25) is 0 Å². The molecule has 1 saturated heterocycles. The van der Waals surface area contributed by atoms with Crippen LogP contribution in [0.5, 0.6) is 0 Å². The van der Waals surface area contributed by atoms with E-state index in [0.717, 1.165) is 24.0 Å². The van der Waals surface area contributed by atoms with Gasteiger partial charge >= 0.3 is 0 Å². The molecule has 3 heterocycles. The smallest absolute Gasteiger partial charge is 0.259 e. The van der Waals surface area contributed by atoms with Crippen LogP contribution in [0.3, 0.4) is 0 Å². The first-order chi connectivity index (χ1) is 15.0. The van der Waals surface area contributed by atoms with Crippen molar-refractivity contribution >= 4 is 29.1 Å². The Morgan fingerprint density at radius 3 is 2.71 bits per heavy atom. The Morgan fingerprint density at radius 2 is 1.94 bits per heavy atom. The third-order valence-electron chi connectivity index (χ3n) is 6.17. The van der Waals surface area contributed by atoms with E-state index in [2.05, 4.69) is 0 Å². The molecule has 1 amide bonds. The highest BCUT2D eigenvalue weighted by atomic mass is 35.5. The van der Waals surface area contributed by atoms with E-state index in [1.807, 2.05) is 18.2 Å². The van der Waals surface area contributed by atoms with Crippen LogP contribution in [0.1, 0.15) is 28.8 Å². The molecule has 7 heteroatoms. The Kier molecular flexibility index (Phi) is 5.13. The van der Waals surface area contributed by atoms with E-state index < -0.39 is 0 Å². The van der Waals surface area contributed by atoms with Gasteiger partial charge in [0.1, 0.15) is 0 Å². The van der Waals surface area contributed by atoms with Crippen molar-refractivity contribution in [2.45, 2.75) is 25.4 Å². The lowest BCUT2D eigenvalue weighted by Crippen LogP contribution is -2.38. The summed E-state index contributed by atoms with van der Waals surface area (Å²) >= 11 is 12.7. The molecule has 0 bridgehead atoms. The molecular weight excluding hydrogens is 435 g/mol. The quantitative estimate of drug-likeness (QED) is 0.497. The van der Waals surface area contributed by atoms with E-state index in [-0.39, 0.29) is 24.1 Å². The summed E-state index contributed by atoms with van der Waals surface area (Å²) in [6.07, 6.45) is 1.60. The van der Waals surface area contributed by atoms with Crippen LogP contribution in [0.4, 0.5) is 0 Å². The van der Waals surface area contributed by atoms with Crippen LogP contribution >= 0.6 is 23.2 Å². The molecular formula is C24H20Cl2N2O3. The molecule has 31 heavy (non-hydrogen) atoms. The number of aliphatic hydroxyl groups excluding tert-OH is 1. The van der Waals surface area contributed by atoms with Crippen molar-refractivity contribution in [1.82, 2.24) is 9.47 Å². The summed E-state index contributed by atoms with van der Waals surface area (Å²) in [5.41, 5.74) is 3.47. The molecule has 1 aromatic heterocycles. The monoisotopic (exact) mass is 454 g/mol. The van der Waals surface area contributed by atoms with Crippen molar-refractivity contribution in [2.75, 3.05) is 13.2 Å². The van der Waals surface area contributed by atoms with Crippen LogP contribution < -0.4 is 5.56 Å². The van der Waals surface area contributed by atoms with Crippen molar-refractivity contribution < 1.29 is 9.90 Å². The third-order valence-corrected chi connectivity index (χ3v) is 6.72. The topological polar surface area (TPSA) is 62.5 Å². The lowest BCUT2D eigenvalue weighted by molar-refractivity contribution is 0.0678. The molecule has 0 spiro atoms. The Labute approximate surface area is 189 Å². The number of likely N-dealkylation sites (tertiary alicyclic amines) is 1. The summed E-state index contributed by atoms with van der Waals surface area (Å²) in [6, 6.07) is 14.0. The number of rotatable bonds is 3. The number of carbonyl (C=O) groups excluding carboxylic acids is 1. The summed E-state index contributed by atoms with van der Waals surface area (Å²) in [7, 11) is 0. The van der Waals surface area contributed by atoms with Crippen LogP contribution in [0, 0.1) is 0 Å². The van der Waals surface area contributed by atoms with Gasteiger partial charge in [-0.3, -0.25) is 9.59 Å². The second-order valence-electron chi connectivity index (χ2n) is 7.97. The van der Waals surface area contributed by atoms with E-state index in [1.54, 1.807) is 39.8 Å². The zero-order valence-electron chi connectivity index (χ0n) is 16.6. The summed E-state index contributed by atoms with van der Waals surface area (Å²) in [4.78, 5) is 28.9.